The Kier molecular flexibility index (Phi) is 7.76. The first-order chi connectivity index (χ1) is 17.2. The van der Waals surface area contributed by atoms with Gasteiger partial charge in [-0.1, -0.05) is 65.7 Å². The van der Waals surface area contributed by atoms with E-state index in [-0.39, 0.29) is 19.0 Å². The van der Waals surface area contributed by atoms with Crippen molar-refractivity contribution >= 4 is 40.7 Å². The number of carbonyl (C=O) groups is 1. The van der Waals surface area contributed by atoms with E-state index in [0.29, 0.717) is 21.4 Å². The standard InChI is InChI=1S/C28H29Cl2N3O3/c1-5-35-27(34)25-31-33(19-12-7-6-8-13-19)26(32(25)28(2,3)4)20-14-9-10-17-24(20)36-18-21-22(29)15-11-16-23(21)30/h6-17,26H,5,18H2,1-4H3. The Hall–Kier alpha value is -3.22. The molecule has 3 aromatic rings. The second-order valence-corrected chi connectivity index (χ2v) is 10.1. The lowest BCUT2D eigenvalue weighted by Crippen LogP contribution is -2.50. The SMILES string of the molecule is CCOC(=O)C1=NN(c2ccccc2)C(c2ccccc2OCc2c(Cl)cccc2Cl)N1C(C)(C)C. The minimum Gasteiger partial charge on any atom is -0.488 e. The number of amidine groups is 1. The lowest BCUT2D eigenvalue weighted by atomic mass is 10.0. The molecule has 3 aromatic carbocycles. The van der Waals surface area contributed by atoms with E-state index in [4.69, 9.17) is 37.8 Å². The van der Waals surface area contributed by atoms with E-state index in [1.807, 2.05) is 85.3 Å². The minimum absolute atomic E-state index is 0.189. The molecule has 1 aliphatic heterocycles. The minimum atomic E-state index is -0.475. The number of anilines is 1. The summed E-state index contributed by atoms with van der Waals surface area (Å²) in [6, 6.07) is 22.8. The molecular formula is C28H29Cl2N3O3. The molecule has 0 N–H and O–H groups in total. The number of para-hydroxylation sites is 2. The van der Waals surface area contributed by atoms with E-state index >= 15 is 0 Å². The lowest BCUT2D eigenvalue weighted by Gasteiger charge is -2.41. The molecule has 0 saturated carbocycles. The maximum Gasteiger partial charge on any atom is 0.376 e. The Bertz CT molecular complexity index is 1240. The number of hydrogen-bond donors (Lipinski definition) is 0. The zero-order valence-electron chi connectivity index (χ0n) is 20.7. The second-order valence-electron chi connectivity index (χ2n) is 9.27. The molecule has 0 amide bonds. The van der Waals surface area contributed by atoms with Crippen LogP contribution in [0.4, 0.5) is 5.69 Å². The second kappa shape index (κ2) is 10.8. The van der Waals surface area contributed by atoms with Crippen LogP contribution in [0.2, 0.25) is 10.0 Å². The summed E-state index contributed by atoms with van der Waals surface area (Å²) in [7, 11) is 0. The summed E-state index contributed by atoms with van der Waals surface area (Å²) >= 11 is 12.8. The molecule has 0 fully saturated rings. The molecule has 1 aliphatic rings. The molecule has 0 bridgehead atoms. The van der Waals surface area contributed by atoms with Crippen LogP contribution < -0.4 is 9.75 Å². The van der Waals surface area contributed by atoms with E-state index in [1.54, 1.807) is 25.1 Å². The molecule has 6 nitrogen and oxygen atoms in total. The van der Waals surface area contributed by atoms with E-state index in [9.17, 15) is 4.79 Å². The molecule has 4 rings (SSSR count). The third-order valence-corrected chi connectivity index (χ3v) is 6.45. The monoisotopic (exact) mass is 525 g/mol. The predicted molar refractivity (Wildman–Crippen MR) is 145 cm³/mol. The highest BCUT2D eigenvalue weighted by atomic mass is 35.5. The van der Waals surface area contributed by atoms with Crippen molar-refractivity contribution in [2.45, 2.75) is 46.0 Å². The first-order valence-electron chi connectivity index (χ1n) is 11.8. The topological polar surface area (TPSA) is 54.4 Å². The third kappa shape index (κ3) is 5.30. The summed E-state index contributed by atoms with van der Waals surface area (Å²) in [4.78, 5) is 15.0. The quantitative estimate of drug-likeness (QED) is 0.308. The van der Waals surface area contributed by atoms with Crippen LogP contribution in [0.25, 0.3) is 0 Å². The molecule has 1 heterocycles. The summed E-state index contributed by atoms with van der Waals surface area (Å²) in [5.41, 5.74) is 1.90. The maximum absolute atomic E-state index is 13.0. The van der Waals surface area contributed by atoms with E-state index in [0.717, 1.165) is 11.3 Å². The number of benzene rings is 3. The third-order valence-electron chi connectivity index (χ3n) is 5.74. The largest absolute Gasteiger partial charge is 0.488 e. The van der Waals surface area contributed by atoms with E-state index in [1.165, 1.54) is 0 Å². The molecule has 188 valence electrons. The Labute approximate surface area is 222 Å². The first-order valence-corrected chi connectivity index (χ1v) is 12.5. The molecule has 0 radical (unpaired) electrons. The van der Waals surface area contributed by atoms with Crippen LogP contribution in [-0.2, 0) is 16.1 Å². The van der Waals surface area contributed by atoms with Crippen LogP contribution in [0.5, 0.6) is 5.75 Å². The van der Waals surface area contributed by atoms with Gasteiger partial charge in [0.1, 0.15) is 12.4 Å². The molecule has 0 aliphatic carbocycles. The molecule has 0 aromatic heterocycles. The van der Waals surface area contributed by atoms with Crippen molar-refractivity contribution in [3.8, 4) is 5.75 Å². The molecular weight excluding hydrogens is 497 g/mol. The molecule has 1 unspecified atom stereocenters. The van der Waals surface area contributed by atoms with Crippen molar-refractivity contribution in [1.82, 2.24) is 4.90 Å². The average Bonchev–Trinajstić information content (AvgIpc) is 3.26. The van der Waals surface area contributed by atoms with Crippen LogP contribution in [0.1, 0.15) is 45.0 Å². The van der Waals surface area contributed by atoms with Gasteiger partial charge < -0.3 is 14.4 Å². The molecule has 0 spiro atoms. The van der Waals surface area contributed by atoms with Crippen molar-refractivity contribution in [2.24, 2.45) is 5.10 Å². The van der Waals surface area contributed by atoms with Crippen LogP contribution in [0.3, 0.4) is 0 Å². The van der Waals surface area contributed by atoms with Crippen molar-refractivity contribution < 1.29 is 14.3 Å². The highest BCUT2D eigenvalue weighted by molar-refractivity contribution is 6.36. The Balaban J connectivity index is 1.80. The van der Waals surface area contributed by atoms with Gasteiger partial charge in [-0.25, -0.2) is 9.80 Å². The van der Waals surface area contributed by atoms with Gasteiger partial charge in [-0.2, -0.15) is 0 Å². The van der Waals surface area contributed by atoms with Crippen LogP contribution in [0.15, 0.2) is 77.9 Å². The normalized spacial score (nSPS) is 15.6. The van der Waals surface area contributed by atoms with Gasteiger partial charge in [-0.3, -0.25) is 0 Å². The summed E-state index contributed by atoms with van der Waals surface area (Å²) in [5.74, 6) is 0.397. The van der Waals surface area contributed by atoms with Crippen LogP contribution in [0, 0.1) is 0 Å². The number of rotatable bonds is 7. The number of esters is 1. The van der Waals surface area contributed by atoms with Crippen LogP contribution in [-0.4, -0.2) is 28.9 Å². The summed E-state index contributed by atoms with van der Waals surface area (Å²) in [5, 5.41) is 7.69. The summed E-state index contributed by atoms with van der Waals surface area (Å²) < 4.78 is 11.7. The van der Waals surface area contributed by atoms with Gasteiger partial charge in [0.2, 0.25) is 5.84 Å². The Morgan fingerprint density at radius 3 is 2.22 bits per heavy atom. The Morgan fingerprint density at radius 1 is 0.944 bits per heavy atom. The zero-order chi connectivity index (χ0) is 25.9. The first kappa shape index (κ1) is 25.9. The van der Waals surface area contributed by atoms with Crippen molar-refractivity contribution in [3.05, 3.63) is 94.0 Å². The van der Waals surface area contributed by atoms with Crippen LogP contribution >= 0.6 is 23.2 Å². The Morgan fingerprint density at radius 2 is 1.58 bits per heavy atom. The van der Waals surface area contributed by atoms with Gasteiger partial charge in [-0.15, -0.1) is 5.10 Å². The van der Waals surface area contributed by atoms with Gasteiger partial charge in [0.15, 0.2) is 6.17 Å². The van der Waals surface area contributed by atoms with Gasteiger partial charge in [0.25, 0.3) is 0 Å². The fraction of sp³-hybridized carbons (Fsp3) is 0.286. The summed E-state index contributed by atoms with van der Waals surface area (Å²) in [6.07, 6.45) is -0.468. The number of carbonyl (C=O) groups excluding carboxylic acids is 1. The van der Waals surface area contributed by atoms with Gasteiger partial charge in [-0.05, 0) is 58.0 Å². The van der Waals surface area contributed by atoms with Crippen molar-refractivity contribution in [1.29, 1.82) is 0 Å². The smallest absolute Gasteiger partial charge is 0.376 e. The number of hydrazone groups is 1. The fourth-order valence-corrected chi connectivity index (χ4v) is 4.65. The van der Waals surface area contributed by atoms with Gasteiger partial charge in [0.05, 0.1) is 12.3 Å². The number of halogens is 2. The zero-order valence-corrected chi connectivity index (χ0v) is 22.3. The number of hydrogen-bond acceptors (Lipinski definition) is 6. The van der Waals surface area contributed by atoms with Crippen molar-refractivity contribution in [3.63, 3.8) is 0 Å². The number of ether oxygens (including phenoxy) is 2. The predicted octanol–water partition coefficient (Wildman–Crippen LogP) is 7.07. The number of nitrogens with zero attached hydrogens (tertiary/aromatic N) is 3. The fourth-order valence-electron chi connectivity index (χ4n) is 4.15. The van der Waals surface area contributed by atoms with Gasteiger partial charge >= 0.3 is 5.97 Å². The molecule has 8 heteroatoms. The maximum atomic E-state index is 13.0. The highest BCUT2D eigenvalue weighted by Crippen LogP contribution is 2.43. The van der Waals surface area contributed by atoms with Gasteiger partial charge in [0, 0.05) is 26.7 Å². The van der Waals surface area contributed by atoms with E-state index in [2.05, 4.69) is 0 Å². The lowest BCUT2D eigenvalue weighted by molar-refractivity contribution is -0.136. The highest BCUT2D eigenvalue weighted by Gasteiger charge is 2.46. The molecule has 1 atom stereocenters. The molecule has 36 heavy (non-hydrogen) atoms. The summed E-state index contributed by atoms with van der Waals surface area (Å²) in [6.45, 7) is 8.34. The van der Waals surface area contributed by atoms with E-state index < -0.39 is 17.7 Å². The van der Waals surface area contributed by atoms with Crippen molar-refractivity contribution in [2.75, 3.05) is 11.6 Å². The molecule has 0 saturated heterocycles. The average molecular weight is 526 g/mol.